The summed E-state index contributed by atoms with van der Waals surface area (Å²) in [6.07, 6.45) is 0. The Balaban J connectivity index is 2.28. The highest BCUT2D eigenvalue weighted by atomic mass is 19.1. The van der Waals surface area contributed by atoms with Crippen LogP contribution in [-0.4, -0.2) is 24.2 Å². The van der Waals surface area contributed by atoms with Crippen LogP contribution in [0.4, 0.5) is 10.1 Å². The summed E-state index contributed by atoms with van der Waals surface area (Å²) in [7, 11) is 0.241. The van der Waals surface area contributed by atoms with Crippen LogP contribution in [0.5, 0.6) is 0 Å². The molecule has 0 unspecified atom stereocenters. The smallest absolute Gasteiger partial charge is 0.423 e. The van der Waals surface area contributed by atoms with E-state index < -0.39 is 12.9 Å². The molecule has 0 radical (unpaired) electrons. The van der Waals surface area contributed by atoms with Gasteiger partial charge in [-0.3, -0.25) is 0 Å². The van der Waals surface area contributed by atoms with Crippen LogP contribution in [0.1, 0.15) is 11.1 Å². The second-order valence-electron chi connectivity index (χ2n) is 4.86. The third-order valence-corrected chi connectivity index (χ3v) is 3.32. The standard InChI is InChI=1S/C15H17BFNO2/c1-11-5-3-4-6-15(11)18(2)10-12-7-8-13(17)9-14(12)16(19)20/h3-9,19-20H,10H2,1-2H3. The maximum absolute atomic E-state index is 13.2. The molecule has 0 saturated heterocycles. The molecule has 0 atom stereocenters. The molecule has 0 saturated carbocycles. The van der Waals surface area contributed by atoms with Crippen molar-refractivity contribution >= 4 is 18.3 Å². The van der Waals surface area contributed by atoms with Gasteiger partial charge in [0.2, 0.25) is 0 Å². The normalized spacial score (nSPS) is 10.4. The van der Waals surface area contributed by atoms with Crippen LogP contribution in [0, 0.1) is 12.7 Å². The van der Waals surface area contributed by atoms with Crippen molar-refractivity contribution in [1.29, 1.82) is 0 Å². The fraction of sp³-hybridized carbons (Fsp3) is 0.200. The Hall–Kier alpha value is -1.85. The monoisotopic (exact) mass is 273 g/mol. The number of hydrogen-bond donors (Lipinski definition) is 2. The van der Waals surface area contributed by atoms with E-state index in [4.69, 9.17) is 0 Å². The van der Waals surface area contributed by atoms with E-state index >= 15 is 0 Å². The van der Waals surface area contributed by atoms with Gasteiger partial charge in [0.1, 0.15) is 5.82 Å². The highest BCUT2D eigenvalue weighted by Gasteiger charge is 2.18. The highest BCUT2D eigenvalue weighted by Crippen LogP contribution is 2.19. The summed E-state index contributed by atoms with van der Waals surface area (Å²) >= 11 is 0. The number of halogens is 1. The number of para-hydroxylation sites is 1. The lowest BCUT2D eigenvalue weighted by molar-refractivity contribution is 0.425. The molecule has 2 aromatic carbocycles. The molecule has 0 aliphatic carbocycles. The average Bonchev–Trinajstić information content (AvgIpc) is 2.41. The van der Waals surface area contributed by atoms with Gasteiger partial charge in [0, 0.05) is 19.3 Å². The first-order chi connectivity index (χ1) is 9.49. The maximum Gasteiger partial charge on any atom is 0.488 e. The number of aryl methyl sites for hydroxylation is 1. The predicted molar refractivity (Wildman–Crippen MR) is 79.5 cm³/mol. The molecule has 2 rings (SSSR count). The molecule has 5 heteroatoms. The van der Waals surface area contributed by atoms with Gasteiger partial charge in [-0.05, 0) is 41.7 Å². The fourth-order valence-electron chi connectivity index (χ4n) is 2.28. The van der Waals surface area contributed by atoms with Crippen LogP contribution < -0.4 is 10.4 Å². The molecule has 0 amide bonds. The minimum Gasteiger partial charge on any atom is -0.423 e. The lowest BCUT2D eigenvalue weighted by atomic mass is 9.77. The lowest BCUT2D eigenvalue weighted by Crippen LogP contribution is -2.35. The second kappa shape index (κ2) is 6.07. The SMILES string of the molecule is Cc1ccccc1N(C)Cc1ccc(F)cc1B(O)O. The molecule has 0 aliphatic rings. The number of hydrogen-bond acceptors (Lipinski definition) is 3. The molecule has 0 fully saturated rings. The van der Waals surface area contributed by atoms with Gasteiger partial charge >= 0.3 is 7.12 Å². The zero-order valence-electron chi connectivity index (χ0n) is 11.5. The molecule has 20 heavy (non-hydrogen) atoms. The minimum absolute atomic E-state index is 0.199. The molecular weight excluding hydrogens is 256 g/mol. The topological polar surface area (TPSA) is 43.7 Å². The second-order valence-corrected chi connectivity index (χ2v) is 4.86. The first-order valence-electron chi connectivity index (χ1n) is 6.40. The van der Waals surface area contributed by atoms with Gasteiger partial charge in [-0.1, -0.05) is 24.3 Å². The molecule has 3 nitrogen and oxygen atoms in total. The number of nitrogens with zero attached hydrogens (tertiary/aromatic N) is 1. The summed E-state index contributed by atoms with van der Waals surface area (Å²) in [5.74, 6) is -0.476. The van der Waals surface area contributed by atoms with Gasteiger partial charge in [-0.25, -0.2) is 4.39 Å². The summed E-state index contributed by atoms with van der Waals surface area (Å²) in [4.78, 5) is 1.99. The molecule has 0 aromatic heterocycles. The van der Waals surface area contributed by atoms with E-state index in [-0.39, 0.29) is 5.46 Å². The third-order valence-electron chi connectivity index (χ3n) is 3.32. The van der Waals surface area contributed by atoms with Crippen LogP contribution in [0.2, 0.25) is 0 Å². The van der Waals surface area contributed by atoms with Crippen LogP contribution >= 0.6 is 0 Å². The highest BCUT2D eigenvalue weighted by molar-refractivity contribution is 6.59. The van der Waals surface area contributed by atoms with Crippen molar-refractivity contribution in [2.24, 2.45) is 0 Å². The van der Waals surface area contributed by atoms with E-state index in [0.717, 1.165) is 17.3 Å². The molecular formula is C15H17BFNO2. The zero-order chi connectivity index (χ0) is 14.7. The average molecular weight is 273 g/mol. The van der Waals surface area contributed by atoms with Crippen molar-refractivity contribution in [3.05, 3.63) is 59.4 Å². The molecule has 0 heterocycles. The minimum atomic E-state index is -1.68. The van der Waals surface area contributed by atoms with Crippen molar-refractivity contribution in [1.82, 2.24) is 0 Å². The Labute approximate surface area is 118 Å². The van der Waals surface area contributed by atoms with Crippen molar-refractivity contribution in [2.45, 2.75) is 13.5 Å². The van der Waals surface area contributed by atoms with Gasteiger partial charge < -0.3 is 14.9 Å². The summed E-state index contributed by atoms with van der Waals surface area (Å²) in [6, 6.07) is 12.0. The zero-order valence-corrected chi connectivity index (χ0v) is 11.5. The largest absolute Gasteiger partial charge is 0.488 e. The van der Waals surface area contributed by atoms with E-state index in [1.54, 1.807) is 6.07 Å². The molecule has 2 N–H and O–H groups in total. The number of rotatable bonds is 4. The first kappa shape index (κ1) is 14.6. The summed E-state index contributed by atoms with van der Waals surface area (Å²) in [6.45, 7) is 2.48. The van der Waals surface area contributed by atoms with Gasteiger partial charge in [-0.15, -0.1) is 0 Å². The first-order valence-corrected chi connectivity index (χ1v) is 6.40. The van der Waals surface area contributed by atoms with Gasteiger partial charge in [-0.2, -0.15) is 0 Å². The van der Waals surface area contributed by atoms with E-state index in [9.17, 15) is 14.4 Å². The Kier molecular flexibility index (Phi) is 4.42. The molecule has 0 spiro atoms. The van der Waals surface area contributed by atoms with Crippen molar-refractivity contribution in [2.75, 3.05) is 11.9 Å². The van der Waals surface area contributed by atoms with Gasteiger partial charge in [0.25, 0.3) is 0 Å². The van der Waals surface area contributed by atoms with E-state index in [2.05, 4.69) is 0 Å². The summed E-state index contributed by atoms with van der Waals surface area (Å²) in [5.41, 5.74) is 3.07. The quantitative estimate of drug-likeness (QED) is 0.829. The summed E-state index contributed by atoms with van der Waals surface area (Å²) in [5, 5.41) is 18.7. The Morgan fingerprint density at radius 3 is 2.50 bits per heavy atom. The van der Waals surface area contributed by atoms with E-state index in [1.165, 1.54) is 6.07 Å². The molecule has 0 aliphatic heterocycles. The maximum atomic E-state index is 13.2. The van der Waals surface area contributed by atoms with Crippen molar-refractivity contribution in [3.63, 3.8) is 0 Å². The van der Waals surface area contributed by atoms with E-state index in [0.29, 0.717) is 12.1 Å². The predicted octanol–water partition coefficient (Wildman–Crippen LogP) is 1.45. The lowest BCUT2D eigenvalue weighted by Gasteiger charge is -2.23. The Morgan fingerprint density at radius 2 is 1.85 bits per heavy atom. The number of benzene rings is 2. The van der Waals surface area contributed by atoms with Crippen molar-refractivity contribution < 1.29 is 14.4 Å². The fourth-order valence-corrected chi connectivity index (χ4v) is 2.28. The van der Waals surface area contributed by atoms with Crippen LogP contribution in [0.15, 0.2) is 42.5 Å². The van der Waals surface area contributed by atoms with Gasteiger partial charge in [0.05, 0.1) is 0 Å². The van der Waals surface area contributed by atoms with E-state index in [1.807, 2.05) is 43.1 Å². The Morgan fingerprint density at radius 1 is 1.15 bits per heavy atom. The van der Waals surface area contributed by atoms with Crippen molar-refractivity contribution in [3.8, 4) is 0 Å². The van der Waals surface area contributed by atoms with Crippen LogP contribution in [0.3, 0.4) is 0 Å². The third kappa shape index (κ3) is 3.18. The molecule has 2 aromatic rings. The molecule has 104 valence electrons. The van der Waals surface area contributed by atoms with Crippen LogP contribution in [0.25, 0.3) is 0 Å². The molecule has 0 bridgehead atoms. The number of anilines is 1. The van der Waals surface area contributed by atoms with Gasteiger partial charge in [0.15, 0.2) is 0 Å². The van der Waals surface area contributed by atoms with Crippen LogP contribution in [-0.2, 0) is 6.54 Å². The Bertz CT molecular complexity index is 604. The summed E-state index contributed by atoms with van der Waals surface area (Å²) < 4.78 is 13.2.